The van der Waals surface area contributed by atoms with E-state index in [2.05, 4.69) is 16.4 Å². The maximum absolute atomic E-state index is 12.0. The third kappa shape index (κ3) is 3.50. The smallest absolute Gasteiger partial charge is 0.273 e. The molecule has 1 heterocycles. The van der Waals surface area contributed by atoms with Crippen molar-refractivity contribution < 1.29 is 14.6 Å². The monoisotopic (exact) mass is 276 g/mol. The molecule has 108 valence electrons. The zero-order valence-electron chi connectivity index (χ0n) is 11.7. The second-order valence-electron chi connectivity index (χ2n) is 4.82. The summed E-state index contributed by atoms with van der Waals surface area (Å²) in [5.74, 6) is -0.345. The van der Waals surface area contributed by atoms with Gasteiger partial charge in [-0.15, -0.1) is 0 Å². The molecule has 2 N–H and O–H groups in total. The molecule has 0 fully saturated rings. The van der Waals surface area contributed by atoms with E-state index in [4.69, 9.17) is 4.74 Å². The quantitative estimate of drug-likeness (QED) is 0.810. The fourth-order valence-electron chi connectivity index (χ4n) is 2.32. The van der Waals surface area contributed by atoms with Crippen molar-refractivity contribution in [2.45, 2.75) is 32.1 Å². The first-order chi connectivity index (χ1) is 9.72. The van der Waals surface area contributed by atoms with E-state index in [1.54, 1.807) is 0 Å². The van der Waals surface area contributed by atoms with E-state index in [0.717, 1.165) is 19.3 Å². The Morgan fingerprint density at radius 3 is 3.05 bits per heavy atom. The van der Waals surface area contributed by atoms with Crippen molar-refractivity contribution in [3.05, 3.63) is 29.6 Å². The summed E-state index contributed by atoms with van der Waals surface area (Å²) < 4.78 is 4.96. The van der Waals surface area contributed by atoms with Crippen molar-refractivity contribution in [1.82, 2.24) is 10.3 Å². The lowest BCUT2D eigenvalue weighted by Crippen LogP contribution is -2.26. The molecule has 5 nitrogen and oxygen atoms in total. The molecule has 2 rings (SSSR count). The van der Waals surface area contributed by atoms with Crippen LogP contribution >= 0.6 is 0 Å². The first-order valence-electron chi connectivity index (χ1n) is 6.90. The Bertz CT molecular complexity index is 512. The van der Waals surface area contributed by atoms with Crippen LogP contribution in [0.5, 0.6) is 11.5 Å². The summed E-state index contributed by atoms with van der Waals surface area (Å²) in [6.45, 7) is 0.559. The Kier molecular flexibility index (Phi) is 4.98. The number of aromatic nitrogens is 1. The van der Waals surface area contributed by atoms with Gasteiger partial charge in [0, 0.05) is 18.8 Å². The molecule has 0 saturated heterocycles. The molecule has 1 aliphatic rings. The summed E-state index contributed by atoms with van der Waals surface area (Å²) >= 11 is 0. The molecule has 0 aromatic carbocycles. The molecule has 0 radical (unpaired) electrons. The molecule has 1 aliphatic carbocycles. The van der Waals surface area contributed by atoms with E-state index in [1.165, 1.54) is 37.8 Å². The molecule has 0 atom stereocenters. The maximum atomic E-state index is 12.0. The predicted octanol–water partition coefficient (Wildman–Crippen LogP) is 2.42. The summed E-state index contributed by atoms with van der Waals surface area (Å²) in [7, 11) is 1.44. The van der Waals surface area contributed by atoms with Gasteiger partial charge in [-0.1, -0.05) is 11.6 Å². The first kappa shape index (κ1) is 14.4. The molecule has 0 bridgehead atoms. The number of methoxy groups -OCH3 is 1. The van der Waals surface area contributed by atoms with Gasteiger partial charge in [0.05, 0.1) is 7.11 Å². The summed E-state index contributed by atoms with van der Waals surface area (Å²) in [5, 5.41) is 12.6. The van der Waals surface area contributed by atoms with Crippen molar-refractivity contribution in [3.63, 3.8) is 0 Å². The summed E-state index contributed by atoms with van der Waals surface area (Å²) in [6.07, 6.45) is 9.32. The number of rotatable bonds is 5. The van der Waals surface area contributed by atoms with E-state index in [0.29, 0.717) is 6.54 Å². The number of amides is 1. The maximum Gasteiger partial charge on any atom is 0.273 e. The summed E-state index contributed by atoms with van der Waals surface area (Å²) in [4.78, 5) is 15.9. The van der Waals surface area contributed by atoms with Gasteiger partial charge in [-0.05, 0) is 32.1 Å². The van der Waals surface area contributed by atoms with E-state index in [1.807, 2.05) is 0 Å². The average molecular weight is 276 g/mol. The highest BCUT2D eigenvalue weighted by molar-refractivity contribution is 5.95. The van der Waals surface area contributed by atoms with Crippen LogP contribution in [0, 0.1) is 0 Å². The molecular weight excluding hydrogens is 256 g/mol. The number of hydrogen-bond donors (Lipinski definition) is 2. The van der Waals surface area contributed by atoms with Crippen LogP contribution in [-0.4, -0.2) is 29.7 Å². The lowest BCUT2D eigenvalue weighted by atomic mass is 9.97. The normalized spacial score (nSPS) is 14.6. The molecule has 0 spiro atoms. The highest BCUT2D eigenvalue weighted by Gasteiger charge is 2.16. The van der Waals surface area contributed by atoms with Crippen LogP contribution in [0.25, 0.3) is 0 Å². The third-order valence-corrected chi connectivity index (χ3v) is 3.44. The number of carbonyl (C=O) groups excluding carboxylic acids is 1. The number of allylic oxidation sites excluding steroid dienone is 1. The molecule has 0 unspecified atom stereocenters. The van der Waals surface area contributed by atoms with Crippen LogP contribution in [0.15, 0.2) is 23.9 Å². The topological polar surface area (TPSA) is 71.5 Å². The summed E-state index contributed by atoms with van der Waals surface area (Å²) in [6, 6.07) is 1.51. The van der Waals surface area contributed by atoms with Gasteiger partial charge in [-0.3, -0.25) is 4.79 Å². The number of carbonyl (C=O) groups is 1. The second kappa shape index (κ2) is 6.93. The number of aromatic hydroxyl groups is 1. The van der Waals surface area contributed by atoms with Gasteiger partial charge in [0.1, 0.15) is 0 Å². The molecule has 1 amide bonds. The fraction of sp³-hybridized carbons (Fsp3) is 0.467. The molecule has 5 heteroatoms. The number of nitrogens with one attached hydrogen (secondary N) is 1. The fourth-order valence-corrected chi connectivity index (χ4v) is 2.32. The zero-order chi connectivity index (χ0) is 14.4. The standard InChI is InChI=1S/C15H20N2O3/c1-20-12-8-10-16-13(14(12)18)15(19)17-9-7-11-5-3-2-4-6-11/h5,8,10,18H,2-4,6-7,9H2,1H3,(H,17,19). The van der Waals surface area contributed by atoms with Gasteiger partial charge in [-0.25, -0.2) is 4.98 Å². The SMILES string of the molecule is COc1ccnc(C(=O)NCCC2=CCCCC2)c1O. The van der Waals surface area contributed by atoms with Gasteiger partial charge in [-0.2, -0.15) is 0 Å². The van der Waals surface area contributed by atoms with E-state index >= 15 is 0 Å². The minimum absolute atomic E-state index is 0.00183. The third-order valence-electron chi connectivity index (χ3n) is 3.44. The molecule has 1 aromatic heterocycles. The Labute approximate surface area is 118 Å². The molecule has 20 heavy (non-hydrogen) atoms. The Morgan fingerprint density at radius 1 is 1.50 bits per heavy atom. The zero-order valence-corrected chi connectivity index (χ0v) is 11.7. The van der Waals surface area contributed by atoms with Gasteiger partial charge in [0.15, 0.2) is 17.2 Å². The molecule has 0 aliphatic heterocycles. The highest BCUT2D eigenvalue weighted by Crippen LogP contribution is 2.27. The first-order valence-corrected chi connectivity index (χ1v) is 6.90. The number of nitrogens with zero attached hydrogens (tertiary/aromatic N) is 1. The van der Waals surface area contributed by atoms with E-state index < -0.39 is 0 Å². The Morgan fingerprint density at radius 2 is 2.35 bits per heavy atom. The van der Waals surface area contributed by atoms with Crippen LogP contribution in [0.3, 0.4) is 0 Å². The van der Waals surface area contributed by atoms with E-state index in [-0.39, 0.29) is 23.1 Å². The average Bonchev–Trinajstić information content (AvgIpc) is 2.48. The van der Waals surface area contributed by atoms with Crippen LogP contribution in [0.1, 0.15) is 42.6 Å². The Hall–Kier alpha value is -2.04. The lowest BCUT2D eigenvalue weighted by molar-refractivity contribution is 0.0945. The largest absolute Gasteiger partial charge is 0.503 e. The van der Waals surface area contributed by atoms with Gasteiger partial charge in [0.25, 0.3) is 5.91 Å². The van der Waals surface area contributed by atoms with Crippen molar-refractivity contribution >= 4 is 5.91 Å². The van der Waals surface area contributed by atoms with Crippen molar-refractivity contribution in [2.75, 3.05) is 13.7 Å². The van der Waals surface area contributed by atoms with Gasteiger partial charge in [0.2, 0.25) is 0 Å². The van der Waals surface area contributed by atoms with Crippen molar-refractivity contribution in [1.29, 1.82) is 0 Å². The second-order valence-corrected chi connectivity index (χ2v) is 4.82. The van der Waals surface area contributed by atoms with Gasteiger partial charge < -0.3 is 15.2 Å². The summed E-state index contributed by atoms with van der Waals surface area (Å²) in [5.41, 5.74) is 1.40. The van der Waals surface area contributed by atoms with E-state index in [9.17, 15) is 9.90 Å². The highest BCUT2D eigenvalue weighted by atomic mass is 16.5. The van der Waals surface area contributed by atoms with Crippen LogP contribution < -0.4 is 10.1 Å². The minimum Gasteiger partial charge on any atom is -0.503 e. The van der Waals surface area contributed by atoms with Gasteiger partial charge >= 0.3 is 0 Å². The number of pyridine rings is 1. The molecular formula is C15H20N2O3. The molecule has 0 saturated carbocycles. The van der Waals surface area contributed by atoms with Crippen LogP contribution in [-0.2, 0) is 0 Å². The lowest BCUT2D eigenvalue weighted by Gasteiger charge is -2.13. The Balaban J connectivity index is 1.90. The van der Waals surface area contributed by atoms with Crippen LogP contribution in [0.4, 0.5) is 0 Å². The number of hydrogen-bond acceptors (Lipinski definition) is 4. The van der Waals surface area contributed by atoms with Crippen LogP contribution in [0.2, 0.25) is 0 Å². The predicted molar refractivity (Wildman–Crippen MR) is 76.0 cm³/mol. The minimum atomic E-state index is -0.377. The van der Waals surface area contributed by atoms with Crippen molar-refractivity contribution in [2.24, 2.45) is 0 Å². The number of ether oxygens (including phenoxy) is 1. The van der Waals surface area contributed by atoms with Crippen molar-refractivity contribution in [3.8, 4) is 11.5 Å². The molecule has 1 aromatic rings.